The van der Waals surface area contributed by atoms with Crippen molar-refractivity contribution in [2.45, 2.75) is 32.6 Å². The zero-order valence-electron chi connectivity index (χ0n) is 17.2. The van der Waals surface area contributed by atoms with Crippen LogP contribution in [0.5, 0.6) is 5.75 Å². The maximum atomic E-state index is 12.3. The van der Waals surface area contributed by atoms with E-state index in [9.17, 15) is 8.42 Å². The van der Waals surface area contributed by atoms with Crippen molar-refractivity contribution in [3.05, 3.63) is 65.7 Å². The Bertz CT molecular complexity index is 868. The molecule has 2 aromatic carbocycles. The molecular formula is C22H31N3O3S. The van der Waals surface area contributed by atoms with Gasteiger partial charge in [0.05, 0.1) is 24.7 Å². The minimum atomic E-state index is -3.13. The molecule has 2 aromatic rings. The first kappa shape index (κ1) is 22.7. The van der Waals surface area contributed by atoms with Crippen molar-refractivity contribution in [3.63, 3.8) is 0 Å². The first-order valence-corrected chi connectivity index (χ1v) is 11.8. The van der Waals surface area contributed by atoms with Gasteiger partial charge >= 0.3 is 0 Å². The maximum absolute atomic E-state index is 12.3. The Balaban J connectivity index is 1.85. The maximum Gasteiger partial charge on any atom is 0.191 e. The Hall–Kier alpha value is -2.54. The van der Waals surface area contributed by atoms with Gasteiger partial charge in [-0.3, -0.25) is 0 Å². The van der Waals surface area contributed by atoms with E-state index >= 15 is 0 Å². The first-order chi connectivity index (χ1) is 14.0. The molecule has 0 heterocycles. The molecule has 0 atom stereocenters. The van der Waals surface area contributed by atoms with Crippen molar-refractivity contribution in [3.8, 4) is 5.75 Å². The number of sulfone groups is 1. The summed E-state index contributed by atoms with van der Waals surface area (Å²) in [6.45, 7) is 6.31. The molecule has 0 radical (unpaired) electrons. The third-order valence-corrected chi connectivity index (χ3v) is 5.86. The summed E-state index contributed by atoms with van der Waals surface area (Å²) in [4.78, 5) is 4.59. The van der Waals surface area contributed by atoms with Crippen molar-refractivity contribution < 1.29 is 13.2 Å². The molecule has 0 amide bonds. The highest BCUT2D eigenvalue weighted by molar-refractivity contribution is 7.90. The van der Waals surface area contributed by atoms with Crippen LogP contribution in [0.2, 0.25) is 0 Å². The molecule has 0 aliphatic rings. The topological polar surface area (TPSA) is 79.8 Å². The minimum absolute atomic E-state index is 0.0796. The van der Waals surface area contributed by atoms with E-state index in [4.69, 9.17) is 4.74 Å². The van der Waals surface area contributed by atoms with Crippen LogP contribution in [0.15, 0.2) is 59.6 Å². The lowest BCUT2D eigenvalue weighted by atomic mass is 10.2. The summed E-state index contributed by atoms with van der Waals surface area (Å²) >= 11 is 0. The van der Waals surface area contributed by atoms with Crippen LogP contribution in [0.4, 0.5) is 0 Å². The van der Waals surface area contributed by atoms with Gasteiger partial charge in [0.1, 0.15) is 5.75 Å². The van der Waals surface area contributed by atoms with Gasteiger partial charge in [-0.05, 0) is 31.9 Å². The number of para-hydroxylation sites is 1. The van der Waals surface area contributed by atoms with E-state index in [1.54, 1.807) is 0 Å². The minimum Gasteiger partial charge on any atom is -0.494 e. The van der Waals surface area contributed by atoms with Crippen LogP contribution in [0.1, 0.15) is 31.4 Å². The van der Waals surface area contributed by atoms with E-state index in [2.05, 4.69) is 15.6 Å². The van der Waals surface area contributed by atoms with E-state index in [1.807, 2.05) is 68.4 Å². The van der Waals surface area contributed by atoms with Crippen molar-refractivity contribution in [2.24, 2.45) is 4.99 Å². The van der Waals surface area contributed by atoms with Crippen LogP contribution >= 0.6 is 0 Å². The van der Waals surface area contributed by atoms with Crippen molar-refractivity contribution in [1.82, 2.24) is 10.6 Å². The fourth-order valence-corrected chi connectivity index (χ4v) is 4.26. The highest BCUT2D eigenvalue weighted by Gasteiger charge is 2.11. The van der Waals surface area contributed by atoms with E-state index < -0.39 is 9.84 Å². The summed E-state index contributed by atoms with van der Waals surface area (Å²) in [7, 11) is -3.13. The van der Waals surface area contributed by atoms with E-state index in [1.165, 1.54) is 0 Å². The summed E-state index contributed by atoms with van der Waals surface area (Å²) in [5.41, 5.74) is 1.83. The molecule has 2 rings (SSSR count). The van der Waals surface area contributed by atoms with Gasteiger partial charge in [-0.2, -0.15) is 0 Å². The Morgan fingerprint density at radius 2 is 1.72 bits per heavy atom. The molecule has 0 unspecified atom stereocenters. The molecule has 0 aromatic heterocycles. The lowest BCUT2D eigenvalue weighted by Crippen LogP contribution is -2.38. The van der Waals surface area contributed by atoms with Gasteiger partial charge in [0, 0.05) is 18.7 Å². The zero-order valence-corrected chi connectivity index (χ0v) is 18.0. The second kappa shape index (κ2) is 12.1. The fourth-order valence-electron chi connectivity index (χ4n) is 2.84. The zero-order chi connectivity index (χ0) is 21.0. The SMILES string of the molecule is CCNC(=NCc1ccccc1OCC)NCCCS(=O)(=O)Cc1ccccc1. The Kier molecular flexibility index (Phi) is 9.50. The van der Waals surface area contributed by atoms with Crippen molar-refractivity contribution >= 4 is 15.8 Å². The predicted molar refractivity (Wildman–Crippen MR) is 119 cm³/mol. The number of guanidine groups is 1. The number of rotatable bonds is 11. The Morgan fingerprint density at radius 3 is 2.45 bits per heavy atom. The Labute approximate surface area is 174 Å². The second-order valence-electron chi connectivity index (χ2n) is 6.59. The fraction of sp³-hybridized carbons (Fsp3) is 0.409. The van der Waals surface area contributed by atoms with Gasteiger partial charge in [-0.15, -0.1) is 0 Å². The average Bonchev–Trinajstić information content (AvgIpc) is 2.71. The second-order valence-corrected chi connectivity index (χ2v) is 8.78. The van der Waals surface area contributed by atoms with Crippen LogP contribution in [0.3, 0.4) is 0 Å². The number of hydrogen-bond donors (Lipinski definition) is 2. The molecule has 7 heteroatoms. The molecule has 6 nitrogen and oxygen atoms in total. The normalized spacial score (nSPS) is 11.9. The van der Waals surface area contributed by atoms with Crippen molar-refractivity contribution in [1.29, 1.82) is 0 Å². The molecule has 0 aliphatic heterocycles. The molecule has 29 heavy (non-hydrogen) atoms. The molecule has 0 saturated carbocycles. The van der Waals surface area contributed by atoms with Crippen LogP contribution < -0.4 is 15.4 Å². The standard InChI is InChI=1S/C22H31N3O3S/c1-3-23-22(25-17-20-13-8-9-14-21(20)28-4-2)24-15-10-16-29(26,27)18-19-11-6-5-7-12-19/h5-9,11-14H,3-4,10,15-18H2,1-2H3,(H2,23,24,25). The molecule has 2 N–H and O–H groups in total. The number of ether oxygens (including phenoxy) is 1. The predicted octanol–water partition coefficient (Wildman–Crippen LogP) is 3.15. The first-order valence-electron chi connectivity index (χ1n) is 10.0. The molecular weight excluding hydrogens is 386 g/mol. The lowest BCUT2D eigenvalue weighted by molar-refractivity contribution is 0.336. The third-order valence-electron chi connectivity index (χ3n) is 4.18. The van der Waals surface area contributed by atoms with Gasteiger partial charge in [-0.25, -0.2) is 13.4 Å². The number of benzene rings is 2. The molecule has 0 spiro atoms. The molecule has 0 aliphatic carbocycles. The van der Waals surface area contributed by atoms with Crippen LogP contribution in [-0.2, 0) is 22.1 Å². The van der Waals surface area contributed by atoms with E-state index in [-0.39, 0.29) is 11.5 Å². The Morgan fingerprint density at radius 1 is 1.00 bits per heavy atom. The largest absolute Gasteiger partial charge is 0.494 e. The summed E-state index contributed by atoms with van der Waals surface area (Å²) in [6.07, 6.45) is 0.523. The van der Waals surface area contributed by atoms with Gasteiger partial charge in [0.2, 0.25) is 0 Å². The number of hydrogen-bond acceptors (Lipinski definition) is 4. The molecule has 0 bridgehead atoms. The van der Waals surface area contributed by atoms with Gasteiger partial charge < -0.3 is 15.4 Å². The van der Waals surface area contributed by atoms with Gasteiger partial charge in [-0.1, -0.05) is 48.5 Å². The quantitative estimate of drug-likeness (QED) is 0.334. The van der Waals surface area contributed by atoms with Gasteiger partial charge in [0.25, 0.3) is 0 Å². The number of aliphatic imine (C=N–C) groups is 1. The summed E-state index contributed by atoms with van der Waals surface area (Å²) in [5, 5.41) is 6.40. The third kappa shape index (κ3) is 8.56. The number of nitrogens with one attached hydrogen (secondary N) is 2. The molecule has 158 valence electrons. The van der Waals surface area contributed by atoms with Gasteiger partial charge in [0.15, 0.2) is 15.8 Å². The lowest BCUT2D eigenvalue weighted by Gasteiger charge is -2.13. The summed E-state index contributed by atoms with van der Waals surface area (Å²) in [6, 6.07) is 17.1. The van der Waals surface area contributed by atoms with Crippen LogP contribution in [-0.4, -0.2) is 39.8 Å². The van der Waals surface area contributed by atoms with Crippen LogP contribution in [0.25, 0.3) is 0 Å². The highest BCUT2D eigenvalue weighted by Crippen LogP contribution is 2.18. The smallest absolute Gasteiger partial charge is 0.191 e. The van der Waals surface area contributed by atoms with E-state index in [0.717, 1.165) is 23.4 Å². The number of nitrogens with zero attached hydrogens (tertiary/aromatic N) is 1. The molecule has 0 fully saturated rings. The highest BCUT2D eigenvalue weighted by atomic mass is 32.2. The average molecular weight is 418 g/mol. The summed E-state index contributed by atoms with van der Waals surface area (Å²) in [5.74, 6) is 1.72. The summed E-state index contributed by atoms with van der Waals surface area (Å²) < 4.78 is 30.2. The van der Waals surface area contributed by atoms with E-state index in [0.29, 0.717) is 32.1 Å². The molecule has 0 saturated heterocycles. The monoisotopic (exact) mass is 417 g/mol. The van der Waals surface area contributed by atoms with Crippen molar-refractivity contribution in [2.75, 3.05) is 25.4 Å². The van der Waals surface area contributed by atoms with Crippen LogP contribution in [0, 0.1) is 0 Å².